The van der Waals surface area contributed by atoms with Crippen molar-refractivity contribution in [3.63, 3.8) is 0 Å². The van der Waals surface area contributed by atoms with Crippen molar-refractivity contribution in [1.82, 2.24) is 4.57 Å². The van der Waals surface area contributed by atoms with Gasteiger partial charge in [0.1, 0.15) is 0 Å². The zero-order chi connectivity index (χ0) is 14.5. The molecule has 1 aromatic heterocycles. The summed E-state index contributed by atoms with van der Waals surface area (Å²) in [4.78, 5) is 12.4. The van der Waals surface area contributed by atoms with Gasteiger partial charge in [0.2, 0.25) is 0 Å². The van der Waals surface area contributed by atoms with E-state index >= 15 is 0 Å². The molecule has 0 saturated heterocycles. The molecule has 0 amide bonds. The van der Waals surface area contributed by atoms with Gasteiger partial charge in [-0.3, -0.25) is 4.79 Å². The van der Waals surface area contributed by atoms with E-state index in [-0.39, 0.29) is 11.2 Å². The third kappa shape index (κ3) is 2.14. The fourth-order valence-electron chi connectivity index (χ4n) is 3.12. The predicted octanol–water partition coefficient (Wildman–Crippen LogP) is 4.70. The van der Waals surface area contributed by atoms with Crippen molar-refractivity contribution >= 4 is 21.7 Å². The maximum Gasteiger partial charge on any atom is 0.165 e. The summed E-state index contributed by atoms with van der Waals surface area (Å²) >= 11 is 3.62. The Kier molecular flexibility index (Phi) is 3.13. The molecular formula is C17H18BrNO. The van der Waals surface area contributed by atoms with Gasteiger partial charge < -0.3 is 4.57 Å². The van der Waals surface area contributed by atoms with Gasteiger partial charge in [-0.15, -0.1) is 0 Å². The number of ketones is 1. The average molecular weight is 332 g/mol. The smallest absolute Gasteiger partial charge is 0.165 e. The molecule has 1 aliphatic carbocycles. The number of carbonyl (C=O) groups is 1. The van der Waals surface area contributed by atoms with Crippen LogP contribution in [-0.2, 0) is 6.42 Å². The van der Waals surface area contributed by atoms with E-state index in [1.807, 2.05) is 24.3 Å². The summed E-state index contributed by atoms with van der Waals surface area (Å²) in [6.07, 6.45) is 1.57. The number of rotatable bonds is 1. The first kappa shape index (κ1) is 13.6. The number of Topliss-reactive ketones (excluding diaryl/α,β-unsaturated/α-hetero) is 1. The van der Waals surface area contributed by atoms with Crippen molar-refractivity contribution in [2.45, 2.75) is 33.6 Å². The molecule has 1 aliphatic rings. The van der Waals surface area contributed by atoms with E-state index in [2.05, 4.69) is 47.3 Å². The van der Waals surface area contributed by atoms with Crippen molar-refractivity contribution in [3.8, 4) is 5.69 Å². The van der Waals surface area contributed by atoms with Gasteiger partial charge in [-0.1, -0.05) is 26.0 Å². The minimum absolute atomic E-state index is 0.0356. The summed E-state index contributed by atoms with van der Waals surface area (Å²) in [6, 6.07) is 10.2. The van der Waals surface area contributed by atoms with Crippen LogP contribution in [-0.4, -0.2) is 10.4 Å². The lowest BCUT2D eigenvalue weighted by atomic mass is 9.76. The highest BCUT2D eigenvalue weighted by Crippen LogP contribution is 2.38. The number of aromatic nitrogens is 1. The Balaban J connectivity index is 2.24. The molecule has 0 unspecified atom stereocenters. The molecule has 0 aliphatic heterocycles. The Morgan fingerprint density at radius 2 is 1.90 bits per heavy atom. The van der Waals surface area contributed by atoms with E-state index in [1.165, 1.54) is 0 Å². The van der Waals surface area contributed by atoms with Crippen molar-refractivity contribution in [1.29, 1.82) is 0 Å². The van der Waals surface area contributed by atoms with Gasteiger partial charge in [-0.25, -0.2) is 0 Å². The van der Waals surface area contributed by atoms with Crippen LogP contribution in [0.25, 0.3) is 5.69 Å². The zero-order valence-electron chi connectivity index (χ0n) is 12.0. The SMILES string of the molecule is Cc1cc2c(n1-c1ccccc1Br)CC(C)(C)CC2=O. The topological polar surface area (TPSA) is 22.0 Å². The third-order valence-corrected chi connectivity index (χ3v) is 4.64. The summed E-state index contributed by atoms with van der Waals surface area (Å²) in [5.41, 5.74) is 4.31. The fraction of sp³-hybridized carbons (Fsp3) is 0.353. The molecule has 20 heavy (non-hydrogen) atoms. The highest BCUT2D eigenvalue weighted by atomic mass is 79.9. The Labute approximate surface area is 127 Å². The van der Waals surface area contributed by atoms with Gasteiger partial charge in [0, 0.05) is 27.8 Å². The lowest BCUT2D eigenvalue weighted by Gasteiger charge is -2.30. The Morgan fingerprint density at radius 1 is 1.20 bits per heavy atom. The largest absolute Gasteiger partial charge is 0.316 e. The number of benzene rings is 1. The molecule has 0 atom stereocenters. The lowest BCUT2D eigenvalue weighted by Crippen LogP contribution is -2.27. The first-order chi connectivity index (χ1) is 9.39. The maximum atomic E-state index is 12.4. The monoisotopic (exact) mass is 331 g/mol. The minimum atomic E-state index is 0.0356. The molecule has 0 fully saturated rings. The van der Waals surface area contributed by atoms with E-state index in [0.717, 1.165) is 33.5 Å². The fourth-order valence-corrected chi connectivity index (χ4v) is 3.58. The molecule has 2 nitrogen and oxygen atoms in total. The second-order valence-electron chi connectivity index (χ2n) is 6.37. The van der Waals surface area contributed by atoms with Gasteiger partial charge in [0.15, 0.2) is 5.78 Å². The lowest BCUT2D eigenvalue weighted by molar-refractivity contribution is 0.0911. The van der Waals surface area contributed by atoms with Gasteiger partial charge in [0.25, 0.3) is 0 Å². The molecular weight excluding hydrogens is 314 g/mol. The van der Waals surface area contributed by atoms with Gasteiger partial charge >= 0.3 is 0 Å². The molecule has 0 N–H and O–H groups in total. The van der Waals surface area contributed by atoms with Crippen molar-refractivity contribution < 1.29 is 4.79 Å². The third-order valence-electron chi connectivity index (χ3n) is 3.97. The zero-order valence-corrected chi connectivity index (χ0v) is 13.6. The minimum Gasteiger partial charge on any atom is -0.316 e. The van der Waals surface area contributed by atoms with Crippen LogP contribution in [0.1, 0.15) is 42.0 Å². The summed E-state index contributed by atoms with van der Waals surface area (Å²) in [5, 5.41) is 0. The molecule has 1 aromatic carbocycles. The number of para-hydroxylation sites is 1. The summed E-state index contributed by atoms with van der Waals surface area (Å²) in [7, 11) is 0. The number of nitrogens with zero attached hydrogens (tertiary/aromatic N) is 1. The molecule has 3 rings (SSSR count). The Hall–Kier alpha value is -1.35. The molecule has 2 aromatic rings. The van der Waals surface area contributed by atoms with E-state index in [1.54, 1.807) is 0 Å². The van der Waals surface area contributed by atoms with Crippen LogP contribution in [0.4, 0.5) is 0 Å². The van der Waals surface area contributed by atoms with Gasteiger partial charge in [-0.2, -0.15) is 0 Å². The molecule has 0 radical (unpaired) electrons. The standard InChI is InChI=1S/C17H18BrNO/c1-11-8-12-15(9-17(2,3)10-16(12)20)19(11)14-7-5-4-6-13(14)18/h4-8H,9-10H2,1-3H3. The quantitative estimate of drug-likeness (QED) is 0.742. The van der Waals surface area contributed by atoms with E-state index in [9.17, 15) is 4.79 Å². The van der Waals surface area contributed by atoms with Crippen LogP contribution in [0, 0.1) is 12.3 Å². The number of aryl methyl sites for hydroxylation is 1. The summed E-state index contributed by atoms with van der Waals surface area (Å²) < 4.78 is 3.27. The van der Waals surface area contributed by atoms with Crippen molar-refractivity contribution in [3.05, 3.63) is 51.8 Å². The molecule has 1 heterocycles. The number of fused-ring (bicyclic) bond motifs is 1. The normalized spacial score (nSPS) is 17.1. The first-order valence-corrected chi connectivity index (χ1v) is 7.68. The maximum absolute atomic E-state index is 12.4. The van der Waals surface area contributed by atoms with Gasteiger partial charge in [0.05, 0.1) is 5.69 Å². The van der Waals surface area contributed by atoms with E-state index < -0.39 is 0 Å². The Morgan fingerprint density at radius 3 is 2.60 bits per heavy atom. The first-order valence-electron chi connectivity index (χ1n) is 6.88. The van der Waals surface area contributed by atoms with Crippen LogP contribution >= 0.6 is 15.9 Å². The number of carbonyl (C=O) groups excluding carboxylic acids is 1. The van der Waals surface area contributed by atoms with Crippen LogP contribution in [0.5, 0.6) is 0 Å². The van der Waals surface area contributed by atoms with Crippen molar-refractivity contribution in [2.75, 3.05) is 0 Å². The van der Waals surface area contributed by atoms with Crippen LogP contribution in [0.3, 0.4) is 0 Å². The Bertz CT molecular complexity index is 697. The van der Waals surface area contributed by atoms with Crippen LogP contribution in [0.2, 0.25) is 0 Å². The second-order valence-corrected chi connectivity index (χ2v) is 7.23. The molecule has 0 spiro atoms. The van der Waals surface area contributed by atoms with E-state index in [4.69, 9.17) is 0 Å². The molecule has 104 valence electrons. The second kappa shape index (κ2) is 4.59. The number of hydrogen-bond donors (Lipinski definition) is 0. The highest BCUT2D eigenvalue weighted by Gasteiger charge is 2.34. The van der Waals surface area contributed by atoms with E-state index in [0.29, 0.717) is 6.42 Å². The molecule has 0 bridgehead atoms. The van der Waals surface area contributed by atoms with Crippen LogP contribution in [0.15, 0.2) is 34.8 Å². The highest BCUT2D eigenvalue weighted by molar-refractivity contribution is 9.10. The average Bonchev–Trinajstić information content (AvgIpc) is 2.66. The van der Waals surface area contributed by atoms with Crippen molar-refractivity contribution in [2.24, 2.45) is 5.41 Å². The van der Waals surface area contributed by atoms with Gasteiger partial charge in [-0.05, 0) is 52.9 Å². The van der Waals surface area contributed by atoms with Crippen LogP contribution < -0.4 is 0 Å². The summed E-state index contributed by atoms with van der Waals surface area (Å²) in [6.45, 7) is 6.40. The number of halogens is 1. The molecule has 0 saturated carbocycles. The predicted molar refractivity (Wildman–Crippen MR) is 84.6 cm³/mol. The molecule has 3 heteroatoms. The number of hydrogen-bond acceptors (Lipinski definition) is 1. The summed E-state index contributed by atoms with van der Waals surface area (Å²) in [5.74, 6) is 0.269.